The van der Waals surface area contributed by atoms with Gasteiger partial charge in [0.1, 0.15) is 29.4 Å². The Bertz CT molecular complexity index is 1230. The molecule has 2 aliphatic heterocycles. The van der Waals surface area contributed by atoms with Crippen LogP contribution in [0.25, 0.3) is 0 Å². The van der Waals surface area contributed by atoms with Gasteiger partial charge in [0.15, 0.2) is 5.17 Å². The van der Waals surface area contributed by atoms with Crippen molar-refractivity contribution >= 4 is 16.9 Å². The molecule has 8 heteroatoms. The molecule has 0 spiro atoms. The van der Waals surface area contributed by atoms with Crippen molar-refractivity contribution in [3.63, 3.8) is 0 Å². The Morgan fingerprint density at radius 2 is 1.48 bits per heavy atom. The van der Waals surface area contributed by atoms with Crippen LogP contribution < -0.4 is 4.74 Å². The molecule has 0 bridgehead atoms. The lowest BCUT2D eigenvalue weighted by Crippen LogP contribution is -2.58. The monoisotopic (exact) mass is 562 g/mol. The summed E-state index contributed by atoms with van der Waals surface area (Å²) >= 11 is 1.62. The molecule has 0 amide bonds. The molecule has 6 atom stereocenters. The summed E-state index contributed by atoms with van der Waals surface area (Å²) < 4.78 is 25.7. The fourth-order valence-corrected chi connectivity index (χ4v) is 6.45. The van der Waals surface area contributed by atoms with Crippen molar-refractivity contribution < 1.29 is 24.1 Å². The minimum Gasteiger partial charge on any atom is -0.497 e. The normalized spacial score (nSPS) is 24.7. The van der Waals surface area contributed by atoms with E-state index in [0.29, 0.717) is 19.6 Å². The summed E-state index contributed by atoms with van der Waals surface area (Å²) in [4.78, 5) is 7.07. The number of amidine groups is 1. The van der Waals surface area contributed by atoms with Crippen molar-refractivity contribution in [1.82, 2.24) is 4.90 Å². The average molecular weight is 563 g/mol. The van der Waals surface area contributed by atoms with Gasteiger partial charge in [-0.05, 0) is 35.2 Å². The molecule has 1 N–H and O–H groups in total. The summed E-state index contributed by atoms with van der Waals surface area (Å²) in [7, 11) is 5.65. The molecule has 1 fully saturated rings. The molecule has 7 nitrogen and oxygen atoms in total. The molecular weight excluding hydrogens is 524 g/mol. The van der Waals surface area contributed by atoms with Crippen LogP contribution in [-0.2, 0) is 27.4 Å². The van der Waals surface area contributed by atoms with Crippen molar-refractivity contribution in [1.29, 1.82) is 0 Å². The van der Waals surface area contributed by atoms with E-state index in [1.165, 1.54) is 0 Å². The van der Waals surface area contributed by atoms with Crippen molar-refractivity contribution in [2.75, 3.05) is 27.8 Å². The SMILES string of the molecule is COc1ccc([C@H](CCO)[C@H]2O[C@@H]3SC(N(C)C)=N[C@@H]3[C@@H](OCc3ccccc3)[C@H]2OCc2ccccc2)cc1. The molecule has 2 aliphatic rings. The highest BCUT2D eigenvalue weighted by molar-refractivity contribution is 8.14. The summed E-state index contributed by atoms with van der Waals surface area (Å²) in [5.74, 6) is 0.664. The molecule has 0 radical (unpaired) electrons. The number of thioether (sulfide) groups is 1. The second kappa shape index (κ2) is 13.7. The lowest BCUT2D eigenvalue weighted by atomic mass is 9.83. The molecule has 2 heterocycles. The van der Waals surface area contributed by atoms with Gasteiger partial charge in [-0.1, -0.05) is 84.6 Å². The maximum Gasteiger partial charge on any atom is 0.161 e. The molecule has 1 saturated heterocycles. The number of methoxy groups -OCH3 is 1. The second-order valence-electron chi connectivity index (χ2n) is 10.3. The van der Waals surface area contributed by atoms with Gasteiger partial charge < -0.3 is 29.0 Å². The topological polar surface area (TPSA) is 72.8 Å². The number of nitrogens with zero attached hydrogens (tertiary/aromatic N) is 2. The van der Waals surface area contributed by atoms with Gasteiger partial charge in [-0.3, -0.25) is 4.99 Å². The van der Waals surface area contributed by atoms with Crippen LogP contribution in [0, 0.1) is 0 Å². The van der Waals surface area contributed by atoms with Gasteiger partial charge in [-0.2, -0.15) is 0 Å². The highest BCUT2D eigenvalue weighted by Crippen LogP contribution is 2.44. The van der Waals surface area contributed by atoms with Crippen LogP contribution in [0.5, 0.6) is 5.75 Å². The minimum absolute atomic E-state index is 0.0260. The van der Waals surface area contributed by atoms with Gasteiger partial charge >= 0.3 is 0 Å². The first-order chi connectivity index (χ1) is 19.6. The summed E-state index contributed by atoms with van der Waals surface area (Å²) in [5, 5.41) is 11.1. The number of aliphatic imine (C=N–C) groups is 1. The number of rotatable bonds is 11. The quantitative estimate of drug-likeness (QED) is 0.349. The zero-order valence-corrected chi connectivity index (χ0v) is 24.1. The van der Waals surface area contributed by atoms with Gasteiger partial charge in [-0.15, -0.1) is 0 Å². The highest BCUT2D eigenvalue weighted by Gasteiger charge is 2.53. The number of hydrogen-bond donors (Lipinski definition) is 1. The van der Waals surface area contributed by atoms with Crippen LogP contribution in [-0.4, -0.2) is 72.8 Å². The van der Waals surface area contributed by atoms with Crippen LogP contribution >= 0.6 is 11.8 Å². The molecule has 3 aromatic rings. The standard InChI is InChI=1S/C32H38N2O5S/c1-34(2)32-33-27-29(37-20-22-10-6-4-7-11-22)30(38-21-23-12-8-5-9-13-23)28(39-31(27)40-32)26(18-19-35)24-14-16-25(36-3)17-15-24/h4-17,26-31,35H,18-21H2,1-3H3/t26-,27+,28+,29+,30-,31+/m0/s1. The van der Waals surface area contributed by atoms with Gasteiger partial charge in [0.05, 0.1) is 26.4 Å². The Morgan fingerprint density at radius 1 is 0.875 bits per heavy atom. The Kier molecular flexibility index (Phi) is 9.78. The van der Waals surface area contributed by atoms with Crippen LogP contribution in [0.1, 0.15) is 29.0 Å². The van der Waals surface area contributed by atoms with Crippen molar-refractivity contribution in [3.8, 4) is 5.75 Å². The fraction of sp³-hybridized carbons (Fsp3) is 0.406. The highest BCUT2D eigenvalue weighted by atomic mass is 32.2. The number of hydrogen-bond acceptors (Lipinski definition) is 8. The molecule has 0 unspecified atom stereocenters. The fourth-order valence-electron chi connectivity index (χ4n) is 5.31. The lowest BCUT2D eigenvalue weighted by Gasteiger charge is -2.45. The minimum atomic E-state index is -0.422. The molecule has 0 aliphatic carbocycles. The molecule has 5 rings (SSSR count). The molecule has 0 saturated carbocycles. The number of aliphatic hydroxyl groups is 1. The molecule has 40 heavy (non-hydrogen) atoms. The van der Waals surface area contributed by atoms with Gasteiger partial charge in [-0.25, -0.2) is 0 Å². The average Bonchev–Trinajstić information content (AvgIpc) is 3.43. The Balaban J connectivity index is 1.51. The third-order valence-electron chi connectivity index (χ3n) is 7.37. The summed E-state index contributed by atoms with van der Waals surface area (Å²) in [6.07, 6.45) is -0.612. The maximum atomic E-state index is 10.2. The maximum absolute atomic E-state index is 10.2. The predicted octanol–water partition coefficient (Wildman–Crippen LogP) is 5.09. The first-order valence-electron chi connectivity index (χ1n) is 13.7. The molecular formula is C32H38N2O5S. The number of aliphatic hydroxyl groups excluding tert-OH is 1. The summed E-state index contributed by atoms with van der Waals surface area (Å²) in [6.45, 7) is 0.884. The van der Waals surface area contributed by atoms with E-state index in [4.69, 9.17) is 23.9 Å². The van der Waals surface area contributed by atoms with Gasteiger partial charge in [0.25, 0.3) is 0 Å². The Labute approximate surface area is 241 Å². The zero-order valence-electron chi connectivity index (χ0n) is 23.3. The van der Waals surface area contributed by atoms with Crippen LogP contribution in [0.4, 0.5) is 0 Å². The Morgan fingerprint density at radius 3 is 2.02 bits per heavy atom. The molecule has 3 aromatic carbocycles. The number of ether oxygens (including phenoxy) is 4. The number of fused-ring (bicyclic) bond motifs is 1. The van der Waals surface area contributed by atoms with E-state index in [1.807, 2.05) is 79.7 Å². The lowest BCUT2D eigenvalue weighted by molar-refractivity contribution is -0.204. The van der Waals surface area contributed by atoms with E-state index < -0.39 is 6.10 Å². The van der Waals surface area contributed by atoms with E-state index >= 15 is 0 Å². The van der Waals surface area contributed by atoms with E-state index in [9.17, 15) is 5.11 Å². The van der Waals surface area contributed by atoms with E-state index in [2.05, 4.69) is 24.3 Å². The van der Waals surface area contributed by atoms with E-state index in [1.54, 1.807) is 18.9 Å². The number of benzene rings is 3. The van der Waals surface area contributed by atoms with Crippen molar-refractivity contribution in [3.05, 3.63) is 102 Å². The second-order valence-corrected chi connectivity index (χ2v) is 11.4. The summed E-state index contributed by atoms with van der Waals surface area (Å²) in [5.41, 5.74) is 3.00. The third kappa shape index (κ3) is 6.70. The Hall–Kier alpha value is -2.88. The van der Waals surface area contributed by atoms with Gasteiger partial charge in [0.2, 0.25) is 0 Å². The molecule has 0 aromatic heterocycles. The molecule has 212 valence electrons. The van der Waals surface area contributed by atoms with Gasteiger partial charge in [0, 0.05) is 26.6 Å². The largest absolute Gasteiger partial charge is 0.497 e. The van der Waals surface area contributed by atoms with E-state index in [0.717, 1.165) is 27.6 Å². The van der Waals surface area contributed by atoms with Crippen LogP contribution in [0.3, 0.4) is 0 Å². The van der Waals surface area contributed by atoms with Crippen LogP contribution in [0.15, 0.2) is 89.9 Å². The zero-order chi connectivity index (χ0) is 27.9. The van der Waals surface area contributed by atoms with E-state index in [-0.39, 0.29) is 36.2 Å². The summed E-state index contributed by atoms with van der Waals surface area (Å²) in [6, 6.07) is 28.1. The first kappa shape index (κ1) is 28.6. The van der Waals surface area contributed by atoms with Crippen LogP contribution in [0.2, 0.25) is 0 Å². The first-order valence-corrected chi connectivity index (χ1v) is 14.6. The van der Waals surface area contributed by atoms with Crippen molar-refractivity contribution in [2.24, 2.45) is 4.99 Å². The predicted molar refractivity (Wildman–Crippen MR) is 159 cm³/mol. The van der Waals surface area contributed by atoms with Crippen molar-refractivity contribution in [2.45, 2.75) is 55.3 Å². The third-order valence-corrected chi connectivity index (χ3v) is 8.67. The smallest absolute Gasteiger partial charge is 0.161 e.